The van der Waals surface area contributed by atoms with Crippen molar-refractivity contribution in [2.45, 2.75) is 83.7 Å². The van der Waals surface area contributed by atoms with Crippen LogP contribution < -0.4 is 5.32 Å². The first-order valence-corrected chi connectivity index (χ1v) is 8.74. The number of likely N-dealkylation sites (N-methyl/N-ethyl adjacent to an activating group) is 1. The largest absolute Gasteiger partial charge is 0.312 e. The molecule has 2 heteroatoms. The van der Waals surface area contributed by atoms with E-state index in [2.05, 4.69) is 45.1 Å². The number of hydrogen-bond acceptors (Lipinski definition) is 2. The van der Waals surface area contributed by atoms with Crippen LogP contribution in [-0.4, -0.2) is 37.1 Å². The second-order valence-electron chi connectivity index (χ2n) is 8.64. The summed E-state index contributed by atoms with van der Waals surface area (Å²) in [5.74, 6) is 0.887. The molecule has 1 N–H and O–H groups in total. The number of rotatable bonds is 4. The smallest absolute Gasteiger partial charge is 0.0330 e. The lowest BCUT2D eigenvalue weighted by atomic mass is 9.74. The summed E-state index contributed by atoms with van der Waals surface area (Å²) in [6.07, 6.45) is 11.1. The van der Waals surface area contributed by atoms with Gasteiger partial charge in [0.2, 0.25) is 0 Å². The minimum Gasteiger partial charge on any atom is -0.312 e. The fourth-order valence-corrected chi connectivity index (χ4v) is 4.29. The Bertz CT molecular complexity index is 301. The zero-order valence-electron chi connectivity index (χ0n) is 14.5. The van der Waals surface area contributed by atoms with Gasteiger partial charge in [-0.05, 0) is 64.0 Å². The molecule has 2 rings (SSSR count). The second kappa shape index (κ2) is 6.36. The summed E-state index contributed by atoms with van der Waals surface area (Å²) in [4.78, 5) is 2.50. The van der Waals surface area contributed by atoms with Crippen molar-refractivity contribution in [3.8, 4) is 0 Å². The van der Waals surface area contributed by atoms with E-state index in [9.17, 15) is 0 Å². The van der Waals surface area contributed by atoms with E-state index >= 15 is 0 Å². The summed E-state index contributed by atoms with van der Waals surface area (Å²) in [6, 6.07) is 0.761. The maximum atomic E-state index is 3.93. The summed E-state index contributed by atoms with van der Waals surface area (Å²) >= 11 is 0. The van der Waals surface area contributed by atoms with Gasteiger partial charge in [0.25, 0.3) is 0 Å². The highest BCUT2D eigenvalue weighted by Crippen LogP contribution is 2.37. The van der Waals surface area contributed by atoms with Crippen molar-refractivity contribution in [1.82, 2.24) is 10.2 Å². The third kappa shape index (κ3) is 3.98. The molecule has 0 bridgehead atoms. The number of hydrogen-bond donors (Lipinski definition) is 1. The van der Waals surface area contributed by atoms with Crippen molar-refractivity contribution < 1.29 is 0 Å². The molecule has 118 valence electrons. The van der Waals surface area contributed by atoms with Crippen LogP contribution in [0, 0.1) is 11.3 Å². The van der Waals surface area contributed by atoms with Crippen LogP contribution in [0.5, 0.6) is 0 Å². The maximum absolute atomic E-state index is 3.93. The van der Waals surface area contributed by atoms with Gasteiger partial charge in [-0.2, -0.15) is 0 Å². The molecule has 0 aromatic heterocycles. The SMILES string of the molecule is CC1CCCC(CNC2CCC(C)(C)CC2)(N(C)C)C1. The van der Waals surface area contributed by atoms with Gasteiger partial charge in [0.05, 0.1) is 0 Å². The van der Waals surface area contributed by atoms with Crippen molar-refractivity contribution in [2.75, 3.05) is 20.6 Å². The summed E-state index contributed by atoms with van der Waals surface area (Å²) < 4.78 is 0. The summed E-state index contributed by atoms with van der Waals surface area (Å²) in [6.45, 7) is 8.47. The highest BCUT2D eigenvalue weighted by atomic mass is 15.2. The molecule has 2 fully saturated rings. The standard InChI is InChI=1S/C18H36N2/c1-15-7-6-10-18(13-15,20(4)5)14-19-16-8-11-17(2,3)12-9-16/h15-16,19H,6-14H2,1-5H3. The van der Waals surface area contributed by atoms with Crippen molar-refractivity contribution in [3.05, 3.63) is 0 Å². The Hall–Kier alpha value is -0.0800. The lowest BCUT2D eigenvalue weighted by molar-refractivity contribution is 0.0680. The van der Waals surface area contributed by atoms with Crippen molar-refractivity contribution >= 4 is 0 Å². The van der Waals surface area contributed by atoms with Crippen LogP contribution in [0.1, 0.15) is 72.1 Å². The molecule has 0 aromatic rings. The molecule has 0 aliphatic heterocycles. The minimum absolute atomic E-state index is 0.407. The van der Waals surface area contributed by atoms with E-state index in [0.717, 1.165) is 12.0 Å². The summed E-state index contributed by atoms with van der Waals surface area (Å²) in [5.41, 5.74) is 0.987. The van der Waals surface area contributed by atoms with E-state index in [1.807, 2.05) is 0 Å². The van der Waals surface area contributed by atoms with Crippen LogP contribution in [0.2, 0.25) is 0 Å². The molecule has 2 aliphatic rings. The van der Waals surface area contributed by atoms with Crippen LogP contribution >= 0.6 is 0 Å². The van der Waals surface area contributed by atoms with E-state index < -0.39 is 0 Å². The fourth-order valence-electron chi connectivity index (χ4n) is 4.29. The third-order valence-corrected chi connectivity index (χ3v) is 6.08. The highest BCUT2D eigenvalue weighted by molar-refractivity contribution is 4.96. The zero-order valence-corrected chi connectivity index (χ0v) is 14.5. The lowest BCUT2D eigenvalue weighted by Crippen LogP contribution is -2.56. The topological polar surface area (TPSA) is 15.3 Å². The van der Waals surface area contributed by atoms with Crippen molar-refractivity contribution in [2.24, 2.45) is 11.3 Å². The first-order valence-electron chi connectivity index (χ1n) is 8.74. The zero-order chi connectivity index (χ0) is 14.8. The molecule has 0 heterocycles. The summed E-state index contributed by atoms with van der Waals surface area (Å²) in [5, 5.41) is 3.93. The van der Waals surface area contributed by atoms with Crippen molar-refractivity contribution in [1.29, 1.82) is 0 Å². The second-order valence-corrected chi connectivity index (χ2v) is 8.64. The molecular formula is C18H36N2. The van der Waals surface area contributed by atoms with Gasteiger partial charge in [-0.1, -0.05) is 33.6 Å². The van der Waals surface area contributed by atoms with Gasteiger partial charge in [-0.15, -0.1) is 0 Å². The molecule has 2 atom stereocenters. The molecule has 2 saturated carbocycles. The van der Waals surface area contributed by atoms with Crippen LogP contribution in [0.3, 0.4) is 0 Å². The Balaban J connectivity index is 1.87. The molecular weight excluding hydrogens is 244 g/mol. The van der Waals surface area contributed by atoms with Crippen LogP contribution in [0.25, 0.3) is 0 Å². The maximum Gasteiger partial charge on any atom is 0.0330 e. The highest BCUT2D eigenvalue weighted by Gasteiger charge is 2.37. The molecule has 2 aliphatic carbocycles. The minimum atomic E-state index is 0.407. The van der Waals surface area contributed by atoms with Gasteiger partial charge < -0.3 is 10.2 Å². The van der Waals surface area contributed by atoms with Gasteiger partial charge in [0.1, 0.15) is 0 Å². The molecule has 2 nitrogen and oxygen atoms in total. The Morgan fingerprint density at radius 2 is 1.70 bits per heavy atom. The predicted octanol–water partition coefficient (Wildman–Crippen LogP) is 4.06. The fraction of sp³-hybridized carbons (Fsp3) is 1.00. The Morgan fingerprint density at radius 1 is 1.05 bits per heavy atom. The van der Waals surface area contributed by atoms with E-state index in [0.29, 0.717) is 11.0 Å². The van der Waals surface area contributed by atoms with Gasteiger partial charge >= 0.3 is 0 Å². The average molecular weight is 280 g/mol. The van der Waals surface area contributed by atoms with Crippen LogP contribution in [-0.2, 0) is 0 Å². The molecule has 0 spiro atoms. The Morgan fingerprint density at radius 3 is 2.25 bits per heavy atom. The van der Waals surface area contributed by atoms with Crippen LogP contribution in [0.4, 0.5) is 0 Å². The monoisotopic (exact) mass is 280 g/mol. The molecule has 0 aromatic carbocycles. The normalized spacial score (nSPS) is 35.4. The van der Waals surface area contributed by atoms with Gasteiger partial charge in [0, 0.05) is 18.1 Å². The molecule has 0 saturated heterocycles. The first-order chi connectivity index (χ1) is 9.33. The van der Waals surface area contributed by atoms with E-state index in [4.69, 9.17) is 0 Å². The van der Waals surface area contributed by atoms with E-state index in [1.165, 1.54) is 57.9 Å². The molecule has 0 amide bonds. The van der Waals surface area contributed by atoms with Gasteiger partial charge in [0.15, 0.2) is 0 Å². The quantitative estimate of drug-likeness (QED) is 0.835. The summed E-state index contributed by atoms with van der Waals surface area (Å²) in [7, 11) is 4.56. The van der Waals surface area contributed by atoms with Crippen LogP contribution in [0.15, 0.2) is 0 Å². The van der Waals surface area contributed by atoms with Gasteiger partial charge in [-0.3, -0.25) is 0 Å². The molecule has 2 unspecified atom stereocenters. The third-order valence-electron chi connectivity index (χ3n) is 6.08. The lowest BCUT2D eigenvalue weighted by Gasteiger charge is -2.46. The van der Waals surface area contributed by atoms with Gasteiger partial charge in [-0.25, -0.2) is 0 Å². The predicted molar refractivity (Wildman–Crippen MR) is 88.1 cm³/mol. The molecule has 0 radical (unpaired) electrons. The van der Waals surface area contributed by atoms with Crippen molar-refractivity contribution in [3.63, 3.8) is 0 Å². The number of nitrogens with one attached hydrogen (secondary N) is 1. The molecule has 20 heavy (non-hydrogen) atoms. The van der Waals surface area contributed by atoms with E-state index in [1.54, 1.807) is 0 Å². The Labute approximate surface area is 126 Å². The number of nitrogens with zero attached hydrogens (tertiary/aromatic N) is 1. The van der Waals surface area contributed by atoms with E-state index in [-0.39, 0.29) is 0 Å². The average Bonchev–Trinajstić information content (AvgIpc) is 2.37. The Kier molecular flexibility index (Phi) is 5.18. The first kappa shape index (κ1) is 16.3.